The smallest absolute Gasteiger partial charge is 0.246 e. The van der Waals surface area contributed by atoms with Crippen molar-refractivity contribution in [2.24, 2.45) is 0 Å². The Hall–Kier alpha value is -4.78. The maximum Gasteiger partial charge on any atom is 0.246 e. The van der Waals surface area contributed by atoms with Gasteiger partial charge in [0.2, 0.25) is 34.7 Å². The summed E-state index contributed by atoms with van der Waals surface area (Å²) < 4.78 is 77.1. The van der Waals surface area contributed by atoms with Crippen LogP contribution < -0.4 is 56.8 Å². The quantitative estimate of drug-likeness (QED) is 0.283. The van der Waals surface area contributed by atoms with E-state index < -0.39 is 40.3 Å². The van der Waals surface area contributed by atoms with Crippen molar-refractivity contribution in [1.29, 1.82) is 0 Å². The van der Waals surface area contributed by atoms with Gasteiger partial charge in [0.15, 0.2) is 74.6 Å². The van der Waals surface area contributed by atoms with Crippen LogP contribution in [-0.4, -0.2) is 39.8 Å². The van der Waals surface area contributed by atoms with Crippen LogP contribution in [0.5, 0.6) is 69.0 Å². The zero-order valence-corrected chi connectivity index (χ0v) is 30.1. The van der Waals surface area contributed by atoms with Crippen LogP contribution in [-0.2, 0) is 5.60 Å². The Morgan fingerprint density at radius 3 is 0.640 bits per heavy atom. The van der Waals surface area contributed by atoms with Gasteiger partial charge in [-0.25, -0.2) is 0 Å². The lowest BCUT2D eigenvalue weighted by Crippen LogP contribution is -2.36. The summed E-state index contributed by atoms with van der Waals surface area (Å²) in [5.41, 5.74) is -2.09. The largest absolute Gasteiger partial charge is 0.449 e. The molecule has 9 rings (SSSR count). The van der Waals surface area contributed by atoms with Crippen molar-refractivity contribution in [2.75, 3.05) is 0 Å². The van der Waals surface area contributed by atoms with E-state index in [-0.39, 0.29) is 51.2 Å². The maximum absolute atomic E-state index is 14.4. The topological polar surface area (TPSA) is 131 Å². The van der Waals surface area contributed by atoms with Gasteiger partial charge in [0.25, 0.3) is 0 Å². The number of hydrogen-bond acceptors (Lipinski definition) is 13. The summed E-state index contributed by atoms with van der Waals surface area (Å²) in [4.78, 5) is 0. The third-order valence-electron chi connectivity index (χ3n) is 8.80. The summed E-state index contributed by atoms with van der Waals surface area (Å²) >= 11 is 0. The van der Waals surface area contributed by atoms with E-state index in [4.69, 9.17) is 56.8 Å². The molecule has 6 aliphatic heterocycles. The predicted octanol–water partition coefficient (Wildman–Crippen LogP) is 7.01. The molecule has 0 bridgehead atoms. The summed E-state index contributed by atoms with van der Waals surface area (Å²) in [6.07, 6.45) is 0. The molecule has 6 heterocycles. The average Bonchev–Trinajstić information content (AvgIpc) is 3.72. The molecule has 0 aliphatic carbocycles. The molecule has 3 aromatic rings. The van der Waals surface area contributed by atoms with E-state index in [9.17, 15) is 5.11 Å². The van der Waals surface area contributed by atoms with Gasteiger partial charge in [-0.2, -0.15) is 0 Å². The van der Waals surface area contributed by atoms with Crippen molar-refractivity contribution in [3.8, 4) is 69.0 Å². The standard InChI is InChI=1S/C37H40O13/c1-31(2)39-16-13-17-26(46-32(3,4)40-17)22(25(16)45-31)37(38,23-27-18(41-33(5,6)47-27)14-19-28(23)48-34(7,8)42-19)24-29-20(43-35(9,10)49-29)15-21-30(24)50-36(11,12)44-21/h13-15,38H,1-12H3. The van der Waals surface area contributed by atoms with E-state index in [2.05, 4.69) is 0 Å². The molecule has 0 saturated carbocycles. The summed E-state index contributed by atoms with van der Waals surface area (Å²) in [7, 11) is 0. The predicted molar refractivity (Wildman–Crippen MR) is 173 cm³/mol. The van der Waals surface area contributed by atoms with E-state index in [1.54, 1.807) is 101 Å². The molecule has 50 heavy (non-hydrogen) atoms. The summed E-state index contributed by atoms with van der Waals surface area (Å²) in [6, 6.07) is 5.07. The van der Waals surface area contributed by atoms with Gasteiger partial charge in [0.1, 0.15) is 0 Å². The molecule has 0 radical (unpaired) electrons. The van der Waals surface area contributed by atoms with Crippen molar-refractivity contribution >= 4 is 0 Å². The number of aliphatic hydroxyl groups is 1. The highest BCUT2D eigenvalue weighted by molar-refractivity contribution is 5.80. The zero-order valence-electron chi connectivity index (χ0n) is 30.1. The number of rotatable bonds is 3. The van der Waals surface area contributed by atoms with Gasteiger partial charge < -0.3 is 61.9 Å². The summed E-state index contributed by atoms with van der Waals surface area (Å²) in [6.45, 7) is 21.2. The molecule has 0 saturated heterocycles. The van der Waals surface area contributed by atoms with Crippen LogP contribution in [0.25, 0.3) is 0 Å². The highest BCUT2D eigenvalue weighted by Crippen LogP contribution is 2.69. The molecule has 0 fully saturated rings. The SMILES string of the molecule is CC1(C)Oc2cc3c(c(C(O)(c4c5c(cc6c4OC(C)(C)O6)OC(C)(C)O5)c4c5c(cc6c4OC(C)(C)O6)OC(C)(C)O5)c2O1)OC(C)(C)O3. The highest BCUT2D eigenvalue weighted by Gasteiger charge is 2.60. The first-order valence-electron chi connectivity index (χ1n) is 16.6. The van der Waals surface area contributed by atoms with Crippen LogP contribution in [0.2, 0.25) is 0 Å². The average molecular weight is 693 g/mol. The molecule has 0 atom stereocenters. The van der Waals surface area contributed by atoms with Crippen LogP contribution in [0.1, 0.15) is 99.8 Å². The lowest BCUT2D eigenvalue weighted by atomic mass is 9.76. The fraction of sp³-hybridized carbons (Fsp3) is 0.514. The van der Waals surface area contributed by atoms with Crippen molar-refractivity contribution in [3.05, 3.63) is 34.9 Å². The molecule has 0 unspecified atom stereocenters. The minimum Gasteiger partial charge on any atom is -0.449 e. The highest BCUT2D eigenvalue weighted by atomic mass is 16.8. The van der Waals surface area contributed by atoms with Crippen molar-refractivity contribution in [1.82, 2.24) is 0 Å². The second kappa shape index (κ2) is 8.74. The van der Waals surface area contributed by atoms with Gasteiger partial charge in [-0.15, -0.1) is 0 Å². The van der Waals surface area contributed by atoms with Crippen LogP contribution in [0.4, 0.5) is 0 Å². The zero-order chi connectivity index (χ0) is 35.8. The van der Waals surface area contributed by atoms with Crippen molar-refractivity contribution in [2.45, 2.75) is 123 Å². The molecule has 0 amide bonds. The normalized spacial score (nSPS) is 23.0. The third-order valence-corrected chi connectivity index (χ3v) is 8.80. The van der Waals surface area contributed by atoms with Crippen LogP contribution >= 0.6 is 0 Å². The first kappa shape index (κ1) is 31.2. The first-order chi connectivity index (χ1) is 23.0. The molecule has 13 nitrogen and oxygen atoms in total. The Morgan fingerprint density at radius 1 is 0.320 bits per heavy atom. The first-order valence-corrected chi connectivity index (χ1v) is 16.6. The van der Waals surface area contributed by atoms with Crippen LogP contribution in [0.3, 0.4) is 0 Å². The molecule has 0 aromatic heterocycles. The molecule has 0 spiro atoms. The molecule has 3 aromatic carbocycles. The monoisotopic (exact) mass is 692 g/mol. The second-order valence-corrected chi connectivity index (χ2v) is 16.1. The Kier molecular flexibility index (Phi) is 5.46. The minimum atomic E-state index is -2.41. The number of benzene rings is 3. The lowest BCUT2D eigenvalue weighted by Gasteiger charge is -2.34. The van der Waals surface area contributed by atoms with Crippen molar-refractivity contribution < 1.29 is 61.9 Å². The van der Waals surface area contributed by atoms with Crippen LogP contribution in [0.15, 0.2) is 18.2 Å². The molecular formula is C37H40O13. The molecule has 266 valence electrons. The second-order valence-electron chi connectivity index (χ2n) is 16.1. The summed E-state index contributed by atoms with van der Waals surface area (Å²) in [5, 5.41) is 14.4. The van der Waals surface area contributed by atoms with Gasteiger partial charge in [-0.1, -0.05) is 0 Å². The minimum absolute atomic E-state index is 0.107. The van der Waals surface area contributed by atoms with Crippen molar-refractivity contribution in [3.63, 3.8) is 0 Å². The Labute approximate surface area is 289 Å². The Balaban J connectivity index is 1.48. The fourth-order valence-corrected chi connectivity index (χ4v) is 7.41. The molecule has 6 aliphatic rings. The van der Waals surface area contributed by atoms with Gasteiger partial charge in [-0.3, -0.25) is 0 Å². The van der Waals surface area contributed by atoms with E-state index >= 15 is 0 Å². The number of fused-ring (bicyclic) bond motifs is 6. The lowest BCUT2D eigenvalue weighted by molar-refractivity contribution is -0.0541. The Morgan fingerprint density at radius 2 is 0.480 bits per heavy atom. The Bertz CT molecular complexity index is 1700. The van der Waals surface area contributed by atoms with E-state index in [0.29, 0.717) is 34.5 Å². The third kappa shape index (κ3) is 4.34. The number of ether oxygens (including phenoxy) is 12. The molecule has 1 N–H and O–H groups in total. The van der Waals surface area contributed by atoms with Gasteiger partial charge >= 0.3 is 0 Å². The van der Waals surface area contributed by atoms with Gasteiger partial charge in [0, 0.05) is 101 Å². The fourth-order valence-electron chi connectivity index (χ4n) is 7.41. The van der Waals surface area contributed by atoms with Crippen LogP contribution in [0, 0.1) is 0 Å². The number of hydrogen-bond donors (Lipinski definition) is 1. The van der Waals surface area contributed by atoms with Gasteiger partial charge in [-0.05, 0) is 0 Å². The van der Waals surface area contributed by atoms with Gasteiger partial charge in [0.05, 0.1) is 16.7 Å². The molecule has 13 heteroatoms. The van der Waals surface area contributed by atoms with E-state index in [0.717, 1.165) is 0 Å². The molecular weight excluding hydrogens is 652 g/mol. The van der Waals surface area contributed by atoms with E-state index in [1.165, 1.54) is 0 Å². The maximum atomic E-state index is 14.4. The van der Waals surface area contributed by atoms with E-state index in [1.807, 2.05) is 0 Å². The summed E-state index contributed by atoms with van der Waals surface area (Å²) in [5.74, 6) is -3.91.